The highest BCUT2D eigenvalue weighted by Crippen LogP contribution is 2.24. The molecule has 1 aromatic rings. The van der Waals surface area contributed by atoms with E-state index >= 15 is 0 Å². The molecular formula is C16H30N4O2. The second kappa shape index (κ2) is 7.83. The van der Waals surface area contributed by atoms with Gasteiger partial charge in [0.1, 0.15) is 5.78 Å². The fraction of sp³-hybridized carbons (Fsp3) is 0.812. The molecule has 0 spiro atoms. The van der Waals surface area contributed by atoms with Crippen LogP contribution in [-0.4, -0.2) is 41.0 Å². The van der Waals surface area contributed by atoms with E-state index in [-0.39, 0.29) is 16.6 Å². The number of hydrogen-bond acceptors (Lipinski definition) is 5. The van der Waals surface area contributed by atoms with E-state index in [0.29, 0.717) is 19.6 Å². The van der Waals surface area contributed by atoms with E-state index < -0.39 is 0 Å². The molecule has 0 fully saturated rings. The summed E-state index contributed by atoms with van der Waals surface area (Å²) in [5.41, 5.74) is 0.772. The van der Waals surface area contributed by atoms with Crippen LogP contribution in [0.4, 0.5) is 0 Å². The Kier molecular flexibility index (Phi) is 6.68. The Bertz CT molecular complexity index is 480. The number of Topliss-reactive ketones (excluding diaryl/α,β-unsaturated/α-hetero) is 1. The SMILES string of the molecule is CNCc1cn(CC(C)(C)COCC(C)(C)CC(C)=O)nn1. The lowest BCUT2D eigenvalue weighted by Crippen LogP contribution is -2.29. The molecule has 0 aliphatic rings. The van der Waals surface area contributed by atoms with E-state index in [4.69, 9.17) is 4.74 Å². The van der Waals surface area contributed by atoms with Crippen molar-refractivity contribution in [2.45, 2.75) is 54.1 Å². The largest absolute Gasteiger partial charge is 0.380 e. The number of nitrogens with zero attached hydrogens (tertiary/aromatic N) is 3. The number of aromatic nitrogens is 3. The van der Waals surface area contributed by atoms with E-state index in [9.17, 15) is 4.79 Å². The van der Waals surface area contributed by atoms with Crippen LogP contribution in [0.1, 0.15) is 46.7 Å². The van der Waals surface area contributed by atoms with Gasteiger partial charge >= 0.3 is 0 Å². The maximum Gasteiger partial charge on any atom is 0.130 e. The van der Waals surface area contributed by atoms with Crippen molar-refractivity contribution in [3.05, 3.63) is 11.9 Å². The Balaban J connectivity index is 2.44. The molecule has 126 valence electrons. The Morgan fingerprint density at radius 1 is 1.27 bits per heavy atom. The van der Waals surface area contributed by atoms with Crippen molar-refractivity contribution in [1.29, 1.82) is 0 Å². The van der Waals surface area contributed by atoms with E-state index in [0.717, 1.165) is 18.8 Å². The summed E-state index contributed by atoms with van der Waals surface area (Å²) in [5.74, 6) is 0.201. The number of carbonyl (C=O) groups is 1. The van der Waals surface area contributed by atoms with Crippen molar-refractivity contribution in [2.75, 3.05) is 20.3 Å². The maximum absolute atomic E-state index is 11.2. The molecule has 0 aliphatic heterocycles. The fourth-order valence-electron chi connectivity index (χ4n) is 2.49. The van der Waals surface area contributed by atoms with Crippen LogP contribution in [0.25, 0.3) is 0 Å². The highest BCUT2D eigenvalue weighted by atomic mass is 16.5. The molecule has 1 N–H and O–H groups in total. The third-order valence-electron chi connectivity index (χ3n) is 3.25. The van der Waals surface area contributed by atoms with Crippen LogP contribution in [0.2, 0.25) is 0 Å². The Morgan fingerprint density at radius 3 is 2.50 bits per heavy atom. The standard InChI is InChI=1S/C16H30N4O2/c1-13(21)7-15(2,3)11-22-12-16(4,5)10-20-9-14(8-17-6)18-19-20/h9,17H,7-8,10-12H2,1-6H3. The van der Waals surface area contributed by atoms with Crippen LogP contribution < -0.4 is 5.32 Å². The van der Waals surface area contributed by atoms with Gasteiger partial charge in [-0.2, -0.15) is 0 Å². The molecule has 22 heavy (non-hydrogen) atoms. The molecular weight excluding hydrogens is 280 g/mol. The van der Waals surface area contributed by atoms with E-state index in [1.54, 1.807) is 6.92 Å². The molecule has 6 nitrogen and oxygen atoms in total. The predicted octanol–water partition coefficient (Wildman–Crippen LogP) is 2.05. The first kappa shape index (κ1) is 18.8. The zero-order chi connectivity index (χ0) is 16.8. The first-order chi connectivity index (χ1) is 10.1. The molecule has 0 radical (unpaired) electrons. The van der Waals surface area contributed by atoms with Crippen molar-refractivity contribution < 1.29 is 9.53 Å². The predicted molar refractivity (Wildman–Crippen MR) is 86.5 cm³/mol. The van der Waals surface area contributed by atoms with E-state index in [2.05, 4.69) is 43.3 Å². The molecule has 6 heteroatoms. The minimum Gasteiger partial charge on any atom is -0.380 e. The minimum absolute atomic E-state index is 0.0447. The summed E-state index contributed by atoms with van der Waals surface area (Å²) < 4.78 is 7.72. The molecule has 0 saturated heterocycles. The Labute approximate surface area is 133 Å². The first-order valence-corrected chi connectivity index (χ1v) is 7.74. The monoisotopic (exact) mass is 310 g/mol. The normalized spacial score (nSPS) is 12.6. The van der Waals surface area contributed by atoms with E-state index in [1.807, 2.05) is 17.9 Å². The molecule has 0 bridgehead atoms. The number of ketones is 1. The average molecular weight is 310 g/mol. The Morgan fingerprint density at radius 2 is 1.91 bits per heavy atom. The van der Waals surface area contributed by atoms with Crippen LogP contribution in [0.5, 0.6) is 0 Å². The maximum atomic E-state index is 11.2. The molecule has 1 rings (SSSR count). The van der Waals surface area contributed by atoms with E-state index in [1.165, 1.54) is 0 Å². The summed E-state index contributed by atoms with van der Waals surface area (Å²) in [7, 11) is 1.89. The zero-order valence-electron chi connectivity index (χ0n) is 14.8. The Hall–Kier alpha value is -1.27. The van der Waals surface area contributed by atoms with Crippen molar-refractivity contribution >= 4 is 5.78 Å². The topological polar surface area (TPSA) is 69.0 Å². The summed E-state index contributed by atoms with van der Waals surface area (Å²) in [5, 5.41) is 11.3. The van der Waals surface area contributed by atoms with Gasteiger partial charge in [0, 0.05) is 31.1 Å². The molecule has 1 heterocycles. The van der Waals surface area contributed by atoms with Crippen LogP contribution in [-0.2, 0) is 22.6 Å². The number of hydrogen-bond donors (Lipinski definition) is 1. The van der Waals surface area contributed by atoms with Crippen LogP contribution >= 0.6 is 0 Å². The van der Waals surface area contributed by atoms with Gasteiger partial charge in [-0.1, -0.05) is 32.9 Å². The fourth-order valence-corrected chi connectivity index (χ4v) is 2.49. The van der Waals surface area contributed by atoms with Gasteiger partial charge in [-0.3, -0.25) is 4.68 Å². The van der Waals surface area contributed by atoms with Gasteiger partial charge in [0.15, 0.2) is 0 Å². The van der Waals surface area contributed by atoms with Gasteiger partial charge in [0.25, 0.3) is 0 Å². The van der Waals surface area contributed by atoms with Gasteiger partial charge in [-0.05, 0) is 19.4 Å². The highest BCUT2D eigenvalue weighted by molar-refractivity contribution is 5.76. The molecule has 0 aromatic carbocycles. The van der Waals surface area contributed by atoms with Crippen molar-refractivity contribution in [3.63, 3.8) is 0 Å². The summed E-state index contributed by atoms with van der Waals surface area (Å²) in [4.78, 5) is 11.2. The molecule has 1 aromatic heterocycles. The van der Waals surface area contributed by atoms with Gasteiger partial charge in [-0.15, -0.1) is 5.10 Å². The number of nitrogens with one attached hydrogen (secondary N) is 1. The smallest absolute Gasteiger partial charge is 0.130 e. The van der Waals surface area contributed by atoms with Gasteiger partial charge < -0.3 is 14.8 Å². The van der Waals surface area contributed by atoms with Crippen LogP contribution in [0.15, 0.2) is 6.20 Å². The molecule has 0 unspecified atom stereocenters. The van der Waals surface area contributed by atoms with Gasteiger partial charge in [0.2, 0.25) is 0 Å². The van der Waals surface area contributed by atoms with Crippen LogP contribution in [0.3, 0.4) is 0 Å². The van der Waals surface area contributed by atoms with Crippen LogP contribution in [0, 0.1) is 10.8 Å². The lowest BCUT2D eigenvalue weighted by atomic mass is 9.88. The number of rotatable bonds is 10. The molecule has 0 aliphatic carbocycles. The summed E-state index contributed by atoms with van der Waals surface area (Å²) in [6, 6.07) is 0. The number of ether oxygens (including phenoxy) is 1. The molecule has 0 amide bonds. The third-order valence-corrected chi connectivity index (χ3v) is 3.25. The zero-order valence-corrected chi connectivity index (χ0v) is 14.8. The lowest BCUT2D eigenvalue weighted by Gasteiger charge is -2.28. The van der Waals surface area contributed by atoms with Crippen molar-refractivity contribution in [2.24, 2.45) is 10.8 Å². The highest BCUT2D eigenvalue weighted by Gasteiger charge is 2.24. The summed E-state index contributed by atoms with van der Waals surface area (Å²) in [6.07, 6.45) is 2.50. The average Bonchev–Trinajstić information content (AvgIpc) is 2.73. The number of carbonyl (C=O) groups excluding carboxylic acids is 1. The summed E-state index contributed by atoms with van der Waals surface area (Å²) >= 11 is 0. The van der Waals surface area contributed by atoms with Gasteiger partial charge in [0.05, 0.1) is 18.9 Å². The second-order valence-corrected chi connectivity index (χ2v) is 7.64. The summed E-state index contributed by atoms with van der Waals surface area (Å²) in [6.45, 7) is 12.7. The molecule has 0 saturated carbocycles. The van der Waals surface area contributed by atoms with Gasteiger partial charge in [-0.25, -0.2) is 0 Å². The quantitative estimate of drug-likeness (QED) is 0.716. The third kappa shape index (κ3) is 7.13. The van der Waals surface area contributed by atoms with Crippen molar-refractivity contribution in [3.8, 4) is 0 Å². The first-order valence-electron chi connectivity index (χ1n) is 7.74. The van der Waals surface area contributed by atoms with Crippen molar-refractivity contribution in [1.82, 2.24) is 20.3 Å². The minimum atomic E-state index is -0.116. The molecule has 0 atom stereocenters. The lowest BCUT2D eigenvalue weighted by molar-refractivity contribution is -0.120. The second-order valence-electron chi connectivity index (χ2n) is 7.64.